The van der Waals surface area contributed by atoms with Crippen LogP contribution in [0.4, 0.5) is 5.82 Å². The summed E-state index contributed by atoms with van der Waals surface area (Å²) in [5.41, 5.74) is 2.88. The van der Waals surface area contributed by atoms with Gasteiger partial charge in [0, 0.05) is 24.1 Å². The number of anilines is 1. The Kier molecular flexibility index (Phi) is 3.87. The fourth-order valence-corrected chi connectivity index (χ4v) is 2.76. The first-order valence-electron chi connectivity index (χ1n) is 6.53. The van der Waals surface area contributed by atoms with Crippen molar-refractivity contribution < 1.29 is 4.42 Å². The van der Waals surface area contributed by atoms with Gasteiger partial charge in [0.1, 0.15) is 11.3 Å². The molecule has 0 spiro atoms. The maximum absolute atomic E-state index is 5.70. The number of hydrogen-bond acceptors (Lipinski definition) is 5. The van der Waals surface area contributed by atoms with Crippen LogP contribution in [0.3, 0.4) is 0 Å². The van der Waals surface area contributed by atoms with E-state index in [4.69, 9.17) is 4.42 Å². The summed E-state index contributed by atoms with van der Waals surface area (Å²) >= 11 is 1.58. The molecule has 1 aromatic carbocycles. The predicted molar refractivity (Wildman–Crippen MR) is 82.0 cm³/mol. The Hall–Kier alpha value is -2.01. The topological polar surface area (TPSA) is 51.0 Å². The van der Waals surface area contributed by atoms with Crippen LogP contribution in [-0.2, 0) is 5.75 Å². The van der Waals surface area contributed by atoms with Crippen molar-refractivity contribution in [1.29, 1.82) is 0 Å². The number of oxazole rings is 1. The maximum Gasteiger partial charge on any atom is 0.257 e. The molecule has 2 aromatic heterocycles. The van der Waals surface area contributed by atoms with Crippen molar-refractivity contribution in [1.82, 2.24) is 9.97 Å². The minimum Gasteiger partial charge on any atom is -0.431 e. The number of aromatic nitrogens is 2. The van der Waals surface area contributed by atoms with Crippen molar-refractivity contribution in [3.05, 3.63) is 48.2 Å². The first kappa shape index (κ1) is 13.0. The lowest BCUT2D eigenvalue weighted by Crippen LogP contribution is -2.02. The Labute approximate surface area is 121 Å². The van der Waals surface area contributed by atoms with Crippen LogP contribution in [0.5, 0.6) is 0 Å². The zero-order valence-electron chi connectivity index (χ0n) is 11.2. The molecule has 3 aromatic rings. The minimum absolute atomic E-state index is 0.692. The van der Waals surface area contributed by atoms with Crippen LogP contribution < -0.4 is 5.32 Å². The van der Waals surface area contributed by atoms with Gasteiger partial charge in [-0.25, -0.2) is 9.97 Å². The predicted octanol–water partition coefficient (Wildman–Crippen LogP) is 3.95. The first-order chi connectivity index (χ1) is 9.86. The van der Waals surface area contributed by atoms with Crippen molar-refractivity contribution in [3.63, 3.8) is 0 Å². The van der Waals surface area contributed by atoms with Gasteiger partial charge in [-0.15, -0.1) is 0 Å². The molecule has 0 fully saturated rings. The second-order valence-electron chi connectivity index (χ2n) is 4.28. The molecule has 1 N–H and O–H groups in total. The van der Waals surface area contributed by atoms with Crippen molar-refractivity contribution in [2.45, 2.75) is 17.9 Å². The van der Waals surface area contributed by atoms with Crippen molar-refractivity contribution in [3.8, 4) is 0 Å². The number of para-hydroxylation sites is 2. The average molecular weight is 285 g/mol. The van der Waals surface area contributed by atoms with Gasteiger partial charge in [0.2, 0.25) is 0 Å². The van der Waals surface area contributed by atoms with E-state index < -0.39 is 0 Å². The van der Waals surface area contributed by atoms with Crippen LogP contribution in [-0.4, -0.2) is 16.5 Å². The van der Waals surface area contributed by atoms with Crippen LogP contribution in [0, 0.1) is 0 Å². The second kappa shape index (κ2) is 5.96. The quantitative estimate of drug-likeness (QED) is 0.719. The zero-order chi connectivity index (χ0) is 13.8. The van der Waals surface area contributed by atoms with Gasteiger partial charge in [-0.1, -0.05) is 30.0 Å². The van der Waals surface area contributed by atoms with E-state index in [-0.39, 0.29) is 0 Å². The summed E-state index contributed by atoms with van der Waals surface area (Å²) < 4.78 is 5.70. The van der Waals surface area contributed by atoms with E-state index in [0.717, 1.165) is 34.8 Å². The van der Waals surface area contributed by atoms with Gasteiger partial charge in [0.25, 0.3) is 5.22 Å². The number of thioether (sulfide) groups is 1. The molecule has 0 amide bonds. The first-order valence-corrected chi connectivity index (χ1v) is 7.51. The van der Waals surface area contributed by atoms with Crippen LogP contribution in [0.2, 0.25) is 0 Å². The van der Waals surface area contributed by atoms with E-state index in [1.165, 1.54) is 0 Å². The van der Waals surface area contributed by atoms with E-state index in [1.54, 1.807) is 18.0 Å². The van der Waals surface area contributed by atoms with E-state index in [2.05, 4.69) is 28.3 Å². The number of hydrogen-bond donors (Lipinski definition) is 1. The van der Waals surface area contributed by atoms with E-state index in [9.17, 15) is 0 Å². The van der Waals surface area contributed by atoms with Crippen LogP contribution in [0.15, 0.2) is 52.2 Å². The molecule has 102 valence electrons. The maximum atomic E-state index is 5.70. The fraction of sp³-hybridized carbons (Fsp3) is 0.200. The Morgan fingerprint density at radius 2 is 2.10 bits per heavy atom. The molecule has 0 aliphatic heterocycles. The Morgan fingerprint density at radius 3 is 2.95 bits per heavy atom. The van der Waals surface area contributed by atoms with Gasteiger partial charge < -0.3 is 9.73 Å². The second-order valence-corrected chi connectivity index (χ2v) is 5.20. The number of rotatable bonds is 5. The highest BCUT2D eigenvalue weighted by molar-refractivity contribution is 7.98. The van der Waals surface area contributed by atoms with Crippen LogP contribution in [0.25, 0.3) is 11.1 Å². The molecule has 4 nitrogen and oxygen atoms in total. The van der Waals surface area contributed by atoms with Gasteiger partial charge >= 0.3 is 0 Å². The molecule has 0 aliphatic carbocycles. The zero-order valence-corrected chi connectivity index (χ0v) is 12.0. The molecule has 0 saturated carbocycles. The van der Waals surface area contributed by atoms with Gasteiger partial charge in [-0.2, -0.15) is 0 Å². The summed E-state index contributed by atoms with van der Waals surface area (Å²) in [5.74, 6) is 1.71. The average Bonchev–Trinajstić information content (AvgIpc) is 2.89. The lowest BCUT2D eigenvalue weighted by atomic mass is 10.3. The number of pyridine rings is 1. The Balaban J connectivity index is 1.76. The summed E-state index contributed by atoms with van der Waals surface area (Å²) in [7, 11) is 0. The molecule has 0 atom stereocenters. The number of nitrogens with zero attached hydrogens (tertiary/aromatic N) is 2. The molecule has 0 aliphatic rings. The molecule has 0 saturated heterocycles. The van der Waals surface area contributed by atoms with E-state index in [0.29, 0.717) is 5.22 Å². The Morgan fingerprint density at radius 1 is 1.20 bits per heavy atom. The normalized spacial score (nSPS) is 10.8. The summed E-state index contributed by atoms with van der Waals surface area (Å²) in [6, 6.07) is 11.8. The standard InChI is InChI=1S/C15H15N3OS/c1-2-16-14-11(6-5-9-17-14)10-20-15-18-12-7-3-4-8-13(12)19-15/h3-9H,2,10H2,1H3,(H,16,17). The fourth-order valence-electron chi connectivity index (χ4n) is 1.93. The van der Waals surface area contributed by atoms with E-state index >= 15 is 0 Å². The highest BCUT2D eigenvalue weighted by Gasteiger charge is 2.08. The lowest BCUT2D eigenvalue weighted by Gasteiger charge is -2.07. The molecular weight excluding hydrogens is 270 g/mol. The molecule has 0 unspecified atom stereocenters. The summed E-state index contributed by atoms with van der Waals surface area (Å²) in [6.45, 7) is 2.92. The third-order valence-electron chi connectivity index (χ3n) is 2.86. The molecule has 3 rings (SSSR count). The highest BCUT2D eigenvalue weighted by Crippen LogP contribution is 2.27. The third kappa shape index (κ3) is 2.77. The number of benzene rings is 1. The molecular formula is C15H15N3OS. The molecule has 0 bridgehead atoms. The monoisotopic (exact) mass is 285 g/mol. The molecule has 20 heavy (non-hydrogen) atoms. The number of fused-ring (bicyclic) bond motifs is 1. The Bertz CT molecular complexity index is 678. The highest BCUT2D eigenvalue weighted by atomic mass is 32.2. The molecule has 0 radical (unpaired) electrons. The molecule has 2 heterocycles. The van der Waals surface area contributed by atoms with Gasteiger partial charge in [-0.3, -0.25) is 0 Å². The molecule has 5 heteroatoms. The number of nitrogens with one attached hydrogen (secondary N) is 1. The van der Waals surface area contributed by atoms with Crippen LogP contribution in [0.1, 0.15) is 12.5 Å². The minimum atomic E-state index is 0.692. The van der Waals surface area contributed by atoms with Crippen molar-refractivity contribution >= 4 is 28.7 Å². The summed E-state index contributed by atoms with van der Waals surface area (Å²) in [5, 5.41) is 3.96. The largest absolute Gasteiger partial charge is 0.431 e. The summed E-state index contributed by atoms with van der Waals surface area (Å²) in [6.07, 6.45) is 1.80. The van der Waals surface area contributed by atoms with Crippen LogP contribution >= 0.6 is 11.8 Å². The van der Waals surface area contributed by atoms with E-state index in [1.807, 2.05) is 30.3 Å². The summed E-state index contributed by atoms with van der Waals surface area (Å²) in [4.78, 5) is 8.81. The lowest BCUT2D eigenvalue weighted by molar-refractivity contribution is 0.489. The third-order valence-corrected chi connectivity index (χ3v) is 3.74. The van der Waals surface area contributed by atoms with Gasteiger partial charge in [0.05, 0.1) is 0 Å². The van der Waals surface area contributed by atoms with Crippen molar-refractivity contribution in [2.75, 3.05) is 11.9 Å². The van der Waals surface area contributed by atoms with Crippen molar-refractivity contribution in [2.24, 2.45) is 0 Å². The van der Waals surface area contributed by atoms with Gasteiger partial charge in [-0.05, 0) is 25.1 Å². The van der Waals surface area contributed by atoms with Gasteiger partial charge in [0.15, 0.2) is 5.58 Å². The SMILES string of the molecule is CCNc1ncccc1CSc1nc2ccccc2o1. The smallest absolute Gasteiger partial charge is 0.257 e.